The van der Waals surface area contributed by atoms with Crippen LogP contribution in [0, 0.1) is 11.6 Å². The molecule has 140 valence electrons. The van der Waals surface area contributed by atoms with E-state index in [4.69, 9.17) is 0 Å². The van der Waals surface area contributed by atoms with Crippen molar-refractivity contribution in [3.8, 4) is 16.9 Å². The molecule has 0 radical (unpaired) electrons. The highest BCUT2D eigenvalue weighted by Crippen LogP contribution is 2.22. The fourth-order valence-corrected chi connectivity index (χ4v) is 2.60. The topological polar surface area (TPSA) is 51.4 Å². The molecular formula is C20H21F2N4O+. The molecule has 0 aliphatic rings. The predicted octanol–water partition coefficient (Wildman–Crippen LogP) is 1.69. The molecule has 0 spiro atoms. The number of benzene rings is 2. The molecule has 2 N–H and O–H groups in total. The van der Waals surface area contributed by atoms with Gasteiger partial charge >= 0.3 is 0 Å². The highest BCUT2D eigenvalue weighted by molar-refractivity contribution is 5.94. The van der Waals surface area contributed by atoms with E-state index in [-0.39, 0.29) is 17.5 Å². The Morgan fingerprint density at radius 3 is 2.22 bits per heavy atom. The second kappa shape index (κ2) is 8.09. The lowest BCUT2D eigenvalue weighted by atomic mass is 10.1. The van der Waals surface area contributed by atoms with Crippen LogP contribution in [-0.4, -0.2) is 42.9 Å². The van der Waals surface area contributed by atoms with E-state index in [0.29, 0.717) is 29.2 Å². The molecule has 27 heavy (non-hydrogen) atoms. The van der Waals surface area contributed by atoms with Gasteiger partial charge in [-0.3, -0.25) is 4.79 Å². The van der Waals surface area contributed by atoms with Gasteiger partial charge in [0.05, 0.1) is 38.6 Å². The first kappa shape index (κ1) is 18.7. The zero-order chi connectivity index (χ0) is 19.4. The first-order valence-corrected chi connectivity index (χ1v) is 8.63. The molecule has 0 unspecified atom stereocenters. The van der Waals surface area contributed by atoms with E-state index in [1.54, 1.807) is 30.3 Å². The lowest BCUT2D eigenvalue weighted by Gasteiger charge is -2.10. The minimum absolute atomic E-state index is 0.276. The first-order valence-electron chi connectivity index (χ1n) is 8.63. The molecule has 0 saturated heterocycles. The summed E-state index contributed by atoms with van der Waals surface area (Å²) in [5.41, 5.74) is 2.11. The molecule has 1 aromatic heterocycles. The molecule has 0 aliphatic carbocycles. The van der Waals surface area contributed by atoms with Gasteiger partial charge in [0.1, 0.15) is 17.3 Å². The second-order valence-electron chi connectivity index (χ2n) is 6.52. The van der Waals surface area contributed by atoms with Gasteiger partial charge < -0.3 is 10.2 Å². The van der Waals surface area contributed by atoms with E-state index < -0.39 is 0 Å². The van der Waals surface area contributed by atoms with Crippen LogP contribution < -0.4 is 10.2 Å². The van der Waals surface area contributed by atoms with Crippen LogP contribution in [0.5, 0.6) is 0 Å². The van der Waals surface area contributed by atoms with Crippen molar-refractivity contribution in [3.63, 3.8) is 0 Å². The second-order valence-corrected chi connectivity index (χ2v) is 6.52. The minimum atomic E-state index is -0.371. The summed E-state index contributed by atoms with van der Waals surface area (Å²) < 4.78 is 27.9. The molecule has 0 bridgehead atoms. The third kappa shape index (κ3) is 4.57. The van der Waals surface area contributed by atoms with Gasteiger partial charge in [0.25, 0.3) is 5.91 Å². The van der Waals surface area contributed by atoms with Crippen LogP contribution in [0.4, 0.5) is 8.78 Å². The number of quaternary nitrogens is 1. The van der Waals surface area contributed by atoms with Crippen molar-refractivity contribution < 1.29 is 18.5 Å². The Kier molecular flexibility index (Phi) is 5.61. The maximum Gasteiger partial charge on any atom is 0.270 e. The summed E-state index contributed by atoms with van der Waals surface area (Å²) in [7, 11) is 4.00. The summed E-state index contributed by atoms with van der Waals surface area (Å²) in [6.07, 6.45) is 0. The van der Waals surface area contributed by atoms with E-state index in [9.17, 15) is 13.6 Å². The molecular weight excluding hydrogens is 350 g/mol. The normalized spacial score (nSPS) is 11.0. The lowest BCUT2D eigenvalue weighted by Crippen LogP contribution is -3.06. The van der Waals surface area contributed by atoms with E-state index in [1.807, 2.05) is 14.1 Å². The molecule has 0 atom stereocenters. The number of nitrogens with zero attached hydrogens (tertiary/aromatic N) is 2. The molecule has 7 heteroatoms. The van der Waals surface area contributed by atoms with Crippen LogP contribution in [-0.2, 0) is 0 Å². The van der Waals surface area contributed by atoms with Crippen LogP contribution in [0.25, 0.3) is 16.9 Å². The molecule has 3 rings (SSSR count). The Balaban J connectivity index is 1.97. The molecule has 2 aromatic carbocycles. The molecule has 0 saturated carbocycles. The summed E-state index contributed by atoms with van der Waals surface area (Å²) in [6.45, 7) is 1.29. The molecule has 0 aliphatic heterocycles. The van der Waals surface area contributed by atoms with Crippen molar-refractivity contribution in [1.82, 2.24) is 15.1 Å². The summed E-state index contributed by atoms with van der Waals surface area (Å²) in [5, 5.41) is 7.35. The maximum absolute atomic E-state index is 13.3. The van der Waals surface area contributed by atoms with E-state index in [1.165, 1.54) is 33.8 Å². The van der Waals surface area contributed by atoms with E-state index >= 15 is 0 Å². The van der Waals surface area contributed by atoms with Crippen LogP contribution in [0.15, 0.2) is 54.6 Å². The number of amides is 1. The number of hydrogen-bond donors (Lipinski definition) is 2. The van der Waals surface area contributed by atoms with Crippen LogP contribution in [0.1, 0.15) is 10.5 Å². The molecule has 1 amide bonds. The van der Waals surface area contributed by atoms with Gasteiger partial charge in [0, 0.05) is 5.56 Å². The fraction of sp³-hybridized carbons (Fsp3) is 0.200. The van der Waals surface area contributed by atoms with Gasteiger partial charge in [-0.2, -0.15) is 5.10 Å². The molecule has 1 heterocycles. The molecule has 3 aromatic rings. The average Bonchev–Trinajstić information content (AvgIpc) is 3.08. The van der Waals surface area contributed by atoms with Crippen molar-refractivity contribution in [2.45, 2.75) is 0 Å². The smallest absolute Gasteiger partial charge is 0.270 e. The van der Waals surface area contributed by atoms with Gasteiger partial charge in [-0.15, -0.1) is 0 Å². The Labute approximate surface area is 156 Å². The van der Waals surface area contributed by atoms with Crippen molar-refractivity contribution in [2.75, 3.05) is 27.2 Å². The summed E-state index contributed by atoms with van der Waals surface area (Å²) in [6, 6.07) is 13.3. The number of nitrogens with one attached hydrogen (secondary N) is 2. The zero-order valence-electron chi connectivity index (χ0n) is 15.2. The monoisotopic (exact) mass is 371 g/mol. The van der Waals surface area contributed by atoms with Crippen LogP contribution in [0.3, 0.4) is 0 Å². The number of carbonyl (C=O) groups excluding carboxylic acids is 1. The number of rotatable bonds is 6. The van der Waals surface area contributed by atoms with Gasteiger partial charge in [0.2, 0.25) is 0 Å². The quantitative estimate of drug-likeness (QED) is 0.693. The lowest BCUT2D eigenvalue weighted by molar-refractivity contribution is -0.856. The Bertz CT molecular complexity index is 918. The standard InChI is InChI=1S/C20H20F2N4O/c1-25(2)12-11-23-20(27)19-13-18(14-3-5-15(21)6-4-14)24-26(19)17-9-7-16(22)8-10-17/h3-10,13H,11-12H2,1-2H3,(H,23,27)/p+1. The highest BCUT2D eigenvalue weighted by Gasteiger charge is 2.18. The van der Waals surface area contributed by atoms with Gasteiger partial charge in [0.15, 0.2) is 0 Å². The van der Waals surface area contributed by atoms with Crippen LogP contribution in [0.2, 0.25) is 0 Å². The van der Waals surface area contributed by atoms with Gasteiger partial charge in [-0.1, -0.05) is 0 Å². The highest BCUT2D eigenvalue weighted by atomic mass is 19.1. The number of carbonyl (C=O) groups is 1. The average molecular weight is 371 g/mol. The predicted molar refractivity (Wildman–Crippen MR) is 98.9 cm³/mol. The van der Waals surface area contributed by atoms with Crippen molar-refractivity contribution in [1.29, 1.82) is 0 Å². The summed E-state index contributed by atoms with van der Waals surface area (Å²) in [4.78, 5) is 13.9. The fourth-order valence-electron chi connectivity index (χ4n) is 2.60. The number of halogens is 2. The first-order chi connectivity index (χ1) is 12.9. The van der Waals surface area contributed by atoms with Gasteiger partial charge in [-0.25, -0.2) is 13.5 Å². The number of likely N-dealkylation sites (N-methyl/N-ethyl adjacent to an activating group) is 1. The Morgan fingerprint density at radius 2 is 1.63 bits per heavy atom. The Hall–Kier alpha value is -3.06. The largest absolute Gasteiger partial charge is 0.345 e. The minimum Gasteiger partial charge on any atom is -0.345 e. The maximum atomic E-state index is 13.3. The molecule has 5 nitrogen and oxygen atoms in total. The van der Waals surface area contributed by atoms with E-state index in [0.717, 1.165) is 6.54 Å². The SMILES string of the molecule is C[NH+](C)CCNC(=O)c1cc(-c2ccc(F)cc2)nn1-c1ccc(F)cc1. The van der Waals surface area contributed by atoms with Crippen molar-refractivity contribution in [3.05, 3.63) is 71.9 Å². The van der Waals surface area contributed by atoms with Crippen molar-refractivity contribution >= 4 is 5.91 Å². The van der Waals surface area contributed by atoms with Crippen molar-refractivity contribution in [2.24, 2.45) is 0 Å². The summed E-state index contributed by atoms with van der Waals surface area (Å²) in [5.74, 6) is -0.994. The number of hydrogen-bond acceptors (Lipinski definition) is 2. The van der Waals surface area contributed by atoms with Gasteiger partial charge in [-0.05, 0) is 54.6 Å². The Morgan fingerprint density at radius 1 is 1.04 bits per heavy atom. The molecule has 0 fully saturated rings. The van der Waals surface area contributed by atoms with E-state index in [2.05, 4.69) is 10.4 Å². The number of aromatic nitrogens is 2. The zero-order valence-corrected chi connectivity index (χ0v) is 15.2. The third-order valence-corrected chi connectivity index (χ3v) is 4.06. The third-order valence-electron chi connectivity index (χ3n) is 4.06. The van der Waals surface area contributed by atoms with Crippen LogP contribution >= 0.6 is 0 Å². The summed E-state index contributed by atoms with van der Waals surface area (Å²) >= 11 is 0.